The van der Waals surface area contributed by atoms with E-state index in [4.69, 9.17) is 17.0 Å². The highest BCUT2D eigenvalue weighted by Gasteiger charge is 2.12. The minimum absolute atomic E-state index is 0.129. The Morgan fingerprint density at radius 2 is 2.00 bits per heavy atom. The number of nitrogens with zero attached hydrogens (tertiary/aromatic N) is 2. The third-order valence-electron chi connectivity index (χ3n) is 3.16. The maximum Gasteiger partial charge on any atom is 0.266 e. The molecule has 2 rings (SSSR count). The molecular weight excluding hydrogens is 344 g/mol. The van der Waals surface area contributed by atoms with Crippen LogP contribution in [0.4, 0.5) is 11.4 Å². The van der Waals surface area contributed by atoms with Gasteiger partial charge in [-0.3, -0.25) is 15.5 Å². The molecule has 25 heavy (non-hydrogen) atoms. The number of ether oxygens (including phenoxy) is 1. The molecule has 0 fully saturated rings. The molecule has 0 radical (unpaired) electrons. The van der Waals surface area contributed by atoms with Crippen molar-refractivity contribution >= 4 is 34.9 Å². The lowest BCUT2D eigenvalue weighted by molar-refractivity contribution is -0.398. The smallest absolute Gasteiger partial charge is 0.266 e. The van der Waals surface area contributed by atoms with E-state index < -0.39 is 16.4 Å². The van der Waals surface area contributed by atoms with E-state index in [0.29, 0.717) is 5.56 Å². The Bertz CT molecular complexity index is 822. The molecule has 0 aromatic heterocycles. The summed E-state index contributed by atoms with van der Waals surface area (Å²) in [6.07, 6.45) is 1.30. The number of nitro benzene ring substituents is 1. The van der Waals surface area contributed by atoms with Gasteiger partial charge in [0.15, 0.2) is 5.11 Å². The number of hydrogen-bond donors (Lipinski definition) is 2. The molecule has 0 atom stereocenters. The van der Waals surface area contributed by atoms with Crippen LogP contribution in [0.5, 0.6) is 11.5 Å². The van der Waals surface area contributed by atoms with Gasteiger partial charge in [-0.1, -0.05) is 17.7 Å². The summed E-state index contributed by atoms with van der Waals surface area (Å²) in [7, 11) is 1.26. The van der Waals surface area contributed by atoms with Gasteiger partial charge >= 0.3 is 0 Å². The Morgan fingerprint density at radius 1 is 1.32 bits per heavy atom. The van der Waals surface area contributed by atoms with Crippen molar-refractivity contribution in [3.8, 4) is 11.5 Å². The molecule has 0 aliphatic carbocycles. The van der Waals surface area contributed by atoms with E-state index in [-0.39, 0.29) is 10.9 Å². The van der Waals surface area contributed by atoms with Crippen LogP contribution in [0.15, 0.2) is 41.5 Å². The van der Waals surface area contributed by atoms with Crippen molar-refractivity contribution in [1.29, 1.82) is 0 Å². The summed E-state index contributed by atoms with van der Waals surface area (Å²) < 4.78 is 4.86. The van der Waals surface area contributed by atoms with Crippen LogP contribution < -0.4 is 20.6 Å². The van der Waals surface area contributed by atoms with Gasteiger partial charge in [0.05, 0.1) is 18.2 Å². The summed E-state index contributed by atoms with van der Waals surface area (Å²) in [5, 5.41) is 29.7. The fraction of sp³-hybridized carbons (Fsp3) is 0.125. The zero-order valence-corrected chi connectivity index (χ0v) is 14.3. The predicted octanol–water partition coefficient (Wildman–Crippen LogP) is 2.31. The minimum Gasteiger partial charge on any atom is -0.865 e. The monoisotopic (exact) mass is 359 g/mol. The van der Waals surface area contributed by atoms with Crippen LogP contribution in [-0.2, 0) is 0 Å². The van der Waals surface area contributed by atoms with E-state index in [1.807, 2.05) is 31.2 Å². The molecule has 0 unspecified atom stereocenters. The second-order valence-electron chi connectivity index (χ2n) is 5.02. The Balaban J connectivity index is 2.06. The van der Waals surface area contributed by atoms with Crippen molar-refractivity contribution in [2.24, 2.45) is 5.10 Å². The van der Waals surface area contributed by atoms with Crippen LogP contribution in [0, 0.1) is 17.0 Å². The molecule has 0 saturated heterocycles. The number of rotatable bonds is 5. The number of nitrogens with one attached hydrogen (secondary N) is 2. The molecular formula is C16H15N4O4S-. The van der Waals surface area contributed by atoms with Gasteiger partial charge in [-0.15, -0.1) is 0 Å². The van der Waals surface area contributed by atoms with Gasteiger partial charge in [-0.25, -0.2) is 0 Å². The summed E-state index contributed by atoms with van der Waals surface area (Å²) >= 11 is 5.10. The first-order valence-electron chi connectivity index (χ1n) is 7.11. The molecule has 0 aliphatic rings. The maximum atomic E-state index is 11.7. The standard InChI is InChI=1S/C16H16N4O4S/c1-10-3-5-12(6-4-10)18-16(25)19-17-9-11-7-13(20(22)23)15(21)14(8-11)24-2/h3-9,21H,1-2H3,(H2,18,19,25)/p-1/b17-9-. The molecule has 0 aliphatic heterocycles. The highest BCUT2D eigenvalue weighted by molar-refractivity contribution is 7.80. The Kier molecular flexibility index (Phi) is 5.85. The molecule has 0 spiro atoms. The van der Waals surface area contributed by atoms with E-state index in [2.05, 4.69) is 15.8 Å². The van der Waals surface area contributed by atoms with Crippen molar-refractivity contribution < 1.29 is 14.8 Å². The van der Waals surface area contributed by atoms with E-state index in [1.165, 1.54) is 19.4 Å². The minimum atomic E-state index is -0.783. The van der Waals surface area contributed by atoms with E-state index >= 15 is 0 Å². The molecule has 2 aromatic rings. The SMILES string of the molecule is COc1cc(/C=N\NC(=S)Nc2ccc(C)cc2)cc([N+](=O)[O-])c1[O-]. The molecule has 0 bridgehead atoms. The van der Waals surface area contributed by atoms with Gasteiger partial charge in [-0.2, -0.15) is 5.10 Å². The topological polar surface area (TPSA) is 112 Å². The first-order chi connectivity index (χ1) is 11.9. The Labute approximate surface area is 149 Å². The van der Waals surface area contributed by atoms with Crippen molar-refractivity contribution in [2.45, 2.75) is 6.92 Å². The van der Waals surface area contributed by atoms with Crippen LogP contribution >= 0.6 is 12.2 Å². The fourth-order valence-electron chi connectivity index (χ4n) is 1.93. The van der Waals surface area contributed by atoms with Gasteiger partial charge in [-0.05, 0) is 37.3 Å². The summed E-state index contributed by atoms with van der Waals surface area (Å²) in [5.74, 6) is -0.912. The third kappa shape index (κ3) is 4.88. The number of aryl methyl sites for hydroxylation is 1. The lowest BCUT2D eigenvalue weighted by Crippen LogP contribution is -2.23. The van der Waals surface area contributed by atoms with E-state index in [9.17, 15) is 15.2 Å². The van der Waals surface area contributed by atoms with Gasteiger partial charge in [0.1, 0.15) is 5.75 Å². The first kappa shape index (κ1) is 18.1. The van der Waals surface area contributed by atoms with Crippen molar-refractivity contribution in [3.05, 3.63) is 57.6 Å². The molecule has 8 nitrogen and oxygen atoms in total. The van der Waals surface area contributed by atoms with Crippen molar-refractivity contribution in [2.75, 3.05) is 12.4 Å². The van der Waals surface area contributed by atoms with E-state index in [1.54, 1.807) is 0 Å². The lowest BCUT2D eigenvalue weighted by atomic mass is 10.2. The molecule has 0 amide bonds. The molecule has 2 N–H and O–H groups in total. The van der Waals surface area contributed by atoms with Gasteiger partial charge in [0.2, 0.25) is 0 Å². The number of nitro groups is 1. The van der Waals surface area contributed by atoms with Crippen LogP contribution in [0.3, 0.4) is 0 Å². The highest BCUT2D eigenvalue weighted by Crippen LogP contribution is 2.33. The normalized spacial score (nSPS) is 10.5. The second kappa shape index (κ2) is 8.06. The van der Waals surface area contributed by atoms with Gasteiger partial charge in [0.25, 0.3) is 5.69 Å². The molecule has 0 heterocycles. The van der Waals surface area contributed by atoms with Crippen LogP contribution in [0.25, 0.3) is 0 Å². The van der Waals surface area contributed by atoms with Crippen molar-refractivity contribution in [1.82, 2.24) is 5.43 Å². The zero-order chi connectivity index (χ0) is 18.4. The Hall–Kier alpha value is -3.20. The maximum absolute atomic E-state index is 11.7. The summed E-state index contributed by atoms with van der Waals surface area (Å²) in [5.41, 5.74) is 4.26. The lowest BCUT2D eigenvalue weighted by Gasteiger charge is -2.13. The van der Waals surface area contributed by atoms with Crippen LogP contribution in [0.1, 0.15) is 11.1 Å². The summed E-state index contributed by atoms with van der Waals surface area (Å²) in [6, 6.07) is 10.1. The number of hydrazone groups is 1. The van der Waals surface area contributed by atoms with Crippen molar-refractivity contribution in [3.63, 3.8) is 0 Å². The number of thiocarbonyl (C=S) groups is 1. The zero-order valence-electron chi connectivity index (χ0n) is 13.5. The van der Waals surface area contributed by atoms with Gasteiger partial charge in [0, 0.05) is 23.1 Å². The Morgan fingerprint density at radius 3 is 2.60 bits per heavy atom. The molecule has 9 heteroatoms. The molecule has 0 saturated carbocycles. The largest absolute Gasteiger partial charge is 0.865 e. The molecule has 130 valence electrons. The predicted molar refractivity (Wildman–Crippen MR) is 97.2 cm³/mol. The summed E-state index contributed by atoms with van der Waals surface area (Å²) in [4.78, 5) is 10.1. The third-order valence-corrected chi connectivity index (χ3v) is 3.36. The fourth-order valence-corrected chi connectivity index (χ4v) is 2.10. The highest BCUT2D eigenvalue weighted by atomic mass is 32.1. The van der Waals surface area contributed by atoms with Crippen LogP contribution in [-0.4, -0.2) is 23.4 Å². The second-order valence-corrected chi connectivity index (χ2v) is 5.43. The molecule has 2 aromatic carbocycles. The number of benzene rings is 2. The van der Waals surface area contributed by atoms with Crippen LogP contribution in [0.2, 0.25) is 0 Å². The average Bonchev–Trinajstić information content (AvgIpc) is 2.58. The average molecular weight is 359 g/mol. The van der Waals surface area contributed by atoms with E-state index in [0.717, 1.165) is 17.3 Å². The number of hydrogen-bond acceptors (Lipinski definition) is 6. The number of anilines is 1. The van der Waals surface area contributed by atoms with Gasteiger partial charge < -0.3 is 15.2 Å². The number of methoxy groups -OCH3 is 1. The first-order valence-corrected chi connectivity index (χ1v) is 7.51. The summed E-state index contributed by atoms with van der Waals surface area (Å²) in [6.45, 7) is 1.98. The quantitative estimate of drug-likeness (QED) is 0.364.